The number of hydrogen-bond donors (Lipinski definition) is 1. The van der Waals surface area contributed by atoms with Gasteiger partial charge >= 0.3 is 0 Å². The van der Waals surface area contributed by atoms with Crippen LogP contribution in [0.4, 0.5) is 11.4 Å². The predicted octanol–water partition coefficient (Wildman–Crippen LogP) is 3.11. The summed E-state index contributed by atoms with van der Waals surface area (Å²) in [6.45, 7) is 6.27. The van der Waals surface area contributed by atoms with Gasteiger partial charge in [0, 0.05) is 18.2 Å². The molecular formula is C21H22N2O4S. The van der Waals surface area contributed by atoms with Gasteiger partial charge in [-0.15, -0.1) is 0 Å². The van der Waals surface area contributed by atoms with E-state index < -0.39 is 20.7 Å². The van der Waals surface area contributed by atoms with Crippen LogP contribution in [-0.4, -0.2) is 32.2 Å². The largest absolute Gasteiger partial charge is 0.490 e. The van der Waals surface area contributed by atoms with E-state index in [1.807, 2.05) is 19.1 Å². The van der Waals surface area contributed by atoms with Gasteiger partial charge in [0.15, 0.2) is 4.75 Å². The summed E-state index contributed by atoms with van der Waals surface area (Å²) < 4.78 is 31.8. The predicted molar refractivity (Wildman–Crippen MR) is 109 cm³/mol. The van der Waals surface area contributed by atoms with Crippen molar-refractivity contribution >= 4 is 27.3 Å². The summed E-state index contributed by atoms with van der Waals surface area (Å²) in [5.74, 6) is 0.000248. The van der Waals surface area contributed by atoms with Crippen molar-refractivity contribution in [3.05, 3.63) is 66.7 Å². The fourth-order valence-electron chi connectivity index (χ4n) is 3.71. The van der Waals surface area contributed by atoms with Crippen LogP contribution < -0.4 is 14.4 Å². The number of carbonyl (C=O) groups excluding carboxylic acids is 1. The number of fused-ring (bicyclic) bond motifs is 1. The highest BCUT2D eigenvalue weighted by Crippen LogP contribution is 2.58. The molecule has 2 aliphatic rings. The number of ether oxygens (including phenoxy) is 1. The van der Waals surface area contributed by atoms with Crippen molar-refractivity contribution < 1.29 is 17.9 Å². The molecule has 1 aliphatic carbocycles. The molecule has 7 heteroatoms. The van der Waals surface area contributed by atoms with Gasteiger partial charge in [-0.25, -0.2) is 8.42 Å². The van der Waals surface area contributed by atoms with Crippen LogP contribution in [0.3, 0.4) is 0 Å². The fraction of sp³-hybridized carbons (Fsp3) is 0.286. The molecular weight excluding hydrogens is 376 g/mol. The van der Waals surface area contributed by atoms with E-state index in [-0.39, 0.29) is 5.92 Å². The summed E-state index contributed by atoms with van der Waals surface area (Å²) in [4.78, 5) is 12.9. The third-order valence-electron chi connectivity index (χ3n) is 5.37. The minimum absolute atomic E-state index is 0.186. The summed E-state index contributed by atoms with van der Waals surface area (Å²) in [5, 5.41) is 2.77. The highest BCUT2D eigenvalue weighted by atomic mass is 32.2. The van der Waals surface area contributed by atoms with Gasteiger partial charge in [0.2, 0.25) is 15.9 Å². The Hall–Kier alpha value is -2.80. The quantitative estimate of drug-likeness (QED) is 0.759. The van der Waals surface area contributed by atoms with Crippen LogP contribution in [0.2, 0.25) is 0 Å². The maximum Gasteiger partial charge on any atom is 0.250 e. The molecule has 1 aliphatic heterocycles. The maximum absolute atomic E-state index is 13.2. The molecule has 0 bridgehead atoms. The Morgan fingerprint density at radius 1 is 1.25 bits per heavy atom. The third-order valence-corrected chi connectivity index (χ3v) is 7.92. The van der Waals surface area contributed by atoms with Gasteiger partial charge < -0.3 is 10.1 Å². The summed E-state index contributed by atoms with van der Waals surface area (Å²) in [6.07, 6.45) is 2.01. The maximum atomic E-state index is 13.2. The van der Waals surface area contributed by atoms with E-state index in [9.17, 15) is 13.2 Å². The second-order valence-corrected chi connectivity index (χ2v) is 9.36. The molecule has 1 amide bonds. The minimum Gasteiger partial charge on any atom is -0.490 e. The average Bonchev–Trinajstić information content (AvgIpc) is 3.37. The summed E-state index contributed by atoms with van der Waals surface area (Å²) in [7, 11) is -3.77. The SMILES string of the molecule is C=CCOc1ccc(NC(=O)[C@]23C[C@H]2CN(c2ccc(C)cc2)S3(=O)=O)cc1. The normalized spacial score (nSPS) is 24.3. The molecule has 2 aromatic rings. The first-order chi connectivity index (χ1) is 13.4. The number of carbonyl (C=O) groups is 1. The van der Waals surface area contributed by atoms with Crippen molar-refractivity contribution in [3.8, 4) is 5.75 Å². The van der Waals surface area contributed by atoms with Crippen LogP contribution in [0, 0.1) is 12.8 Å². The Bertz CT molecular complexity index is 1020. The number of nitrogens with zero attached hydrogens (tertiary/aromatic N) is 1. The summed E-state index contributed by atoms with van der Waals surface area (Å²) in [5.41, 5.74) is 2.20. The first kappa shape index (κ1) is 18.6. The van der Waals surface area contributed by atoms with Crippen LogP contribution in [0.25, 0.3) is 0 Å². The molecule has 28 heavy (non-hydrogen) atoms. The van der Waals surface area contributed by atoms with Crippen LogP contribution in [0.1, 0.15) is 12.0 Å². The molecule has 0 radical (unpaired) electrons. The van der Waals surface area contributed by atoms with Crippen molar-refractivity contribution in [2.24, 2.45) is 5.92 Å². The second-order valence-electron chi connectivity index (χ2n) is 7.24. The topological polar surface area (TPSA) is 75.7 Å². The Morgan fingerprint density at radius 2 is 1.93 bits per heavy atom. The molecule has 0 unspecified atom stereocenters. The highest BCUT2D eigenvalue weighted by molar-refractivity contribution is 7.95. The number of sulfonamides is 1. The van der Waals surface area contributed by atoms with E-state index in [4.69, 9.17) is 4.74 Å². The van der Waals surface area contributed by atoms with Crippen LogP contribution in [-0.2, 0) is 14.8 Å². The van der Waals surface area contributed by atoms with Crippen LogP contribution >= 0.6 is 0 Å². The van der Waals surface area contributed by atoms with Gasteiger partial charge in [-0.1, -0.05) is 30.4 Å². The lowest BCUT2D eigenvalue weighted by Crippen LogP contribution is -2.42. The van der Waals surface area contributed by atoms with E-state index in [2.05, 4.69) is 11.9 Å². The molecule has 1 N–H and O–H groups in total. The van der Waals surface area contributed by atoms with Gasteiger partial charge in [-0.05, 0) is 49.7 Å². The Balaban J connectivity index is 1.52. The zero-order valence-electron chi connectivity index (χ0n) is 15.6. The zero-order chi connectivity index (χ0) is 19.9. The lowest BCUT2D eigenvalue weighted by Gasteiger charge is -2.23. The molecule has 4 rings (SSSR count). The van der Waals surface area contributed by atoms with Gasteiger partial charge in [0.1, 0.15) is 12.4 Å². The number of rotatable bonds is 6. The molecule has 1 heterocycles. The van der Waals surface area contributed by atoms with E-state index in [1.54, 1.807) is 42.5 Å². The van der Waals surface area contributed by atoms with Crippen LogP contribution in [0.15, 0.2) is 61.2 Å². The Morgan fingerprint density at radius 3 is 2.57 bits per heavy atom. The van der Waals surface area contributed by atoms with Crippen molar-refractivity contribution in [2.45, 2.75) is 18.1 Å². The van der Waals surface area contributed by atoms with Crippen molar-refractivity contribution in [1.29, 1.82) is 0 Å². The molecule has 2 aromatic carbocycles. The second kappa shape index (κ2) is 6.67. The van der Waals surface area contributed by atoms with E-state index >= 15 is 0 Å². The van der Waals surface area contributed by atoms with E-state index in [0.717, 1.165) is 5.56 Å². The molecule has 0 spiro atoms. The minimum atomic E-state index is -3.77. The number of amides is 1. The number of anilines is 2. The molecule has 1 saturated heterocycles. The highest BCUT2D eigenvalue weighted by Gasteiger charge is 2.75. The summed E-state index contributed by atoms with van der Waals surface area (Å²) in [6, 6.07) is 14.2. The number of hydrogen-bond acceptors (Lipinski definition) is 4. The van der Waals surface area contributed by atoms with E-state index in [1.165, 1.54) is 4.31 Å². The smallest absolute Gasteiger partial charge is 0.250 e. The molecule has 2 atom stereocenters. The monoisotopic (exact) mass is 398 g/mol. The third kappa shape index (κ3) is 2.86. The fourth-order valence-corrected chi connectivity index (χ4v) is 6.07. The number of aryl methyl sites for hydroxylation is 1. The number of nitrogens with one attached hydrogen (secondary N) is 1. The first-order valence-corrected chi connectivity index (χ1v) is 10.6. The molecule has 6 nitrogen and oxygen atoms in total. The standard InChI is InChI=1S/C21H22N2O4S/c1-3-12-27-19-10-6-17(7-11-19)22-20(24)21-13-16(21)14-23(28(21,25)26)18-8-4-15(2)5-9-18/h3-11,16H,1,12-14H2,2H3,(H,22,24)/t16-,21-/m0/s1. The number of benzene rings is 2. The van der Waals surface area contributed by atoms with Crippen molar-refractivity contribution in [3.63, 3.8) is 0 Å². The van der Waals surface area contributed by atoms with Crippen molar-refractivity contribution in [1.82, 2.24) is 0 Å². The lowest BCUT2D eigenvalue weighted by atomic mass is 10.2. The van der Waals surface area contributed by atoms with Crippen molar-refractivity contribution in [2.75, 3.05) is 22.8 Å². The van der Waals surface area contributed by atoms with Gasteiger partial charge in [-0.2, -0.15) is 0 Å². The van der Waals surface area contributed by atoms with Crippen LogP contribution in [0.5, 0.6) is 5.75 Å². The van der Waals surface area contributed by atoms with Gasteiger partial charge in [0.25, 0.3) is 0 Å². The first-order valence-electron chi connectivity index (χ1n) is 9.12. The Kier molecular flexibility index (Phi) is 4.42. The van der Waals surface area contributed by atoms with E-state index in [0.29, 0.717) is 36.7 Å². The van der Waals surface area contributed by atoms with Gasteiger partial charge in [0.05, 0.1) is 5.69 Å². The van der Waals surface area contributed by atoms with Gasteiger partial charge in [-0.3, -0.25) is 9.10 Å². The average molecular weight is 398 g/mol. The zero-order valence-corrected chi connectivity index (χ0v) is 16.4. The lowest BCUT2D eigenvalue weighted by molar-refractivity contribution is -0.116. The molecule has 146 valence electrons. The molecule has 2 fully saturated rings. The molecule has 1 saturated carbocycles. The Labute approximate surface area is 164 Å². The molecule has 0 aromatic heterocycles. The summed E-state index contributed by atoms with van der Waals surface area (Å²) >= 11 is 0.